The van der Waals surface area contributed by atoms with E-state index in [0.29, 0.717) is 0 Å². The summed E-state index contributed by atoms with van der Waals surface area (Å²) < 4.78 is 5.86. The lowest BCUT2D eigenvalue weighted by molar-refractivity contribution is -0.141. The van der Waals surface area contributed by atoms with Crippen molar-refractivity contribution >= 4 is 27.6 Å². The molecule has 1 N–H and O–H groups in total. The molecule has 0 fully saturated rings. The van der Waals surface area contributed by atoms with Crippen LogP contribution in [-0.2, 0) is 9.53 Å². The average molecular weight is 314 g/mol. The molecule has 1 atom stereocenters. The van der Waals surface area contributed by atoms with Gasteiger partial charge in [-0.15, -0.1) is 0 Å². The molecule has 18 heavy (non-hydrogen) atoms. The van der Waals surface area contributed by atoms with Crippen LogP contribution in [0.2, 0.25) is 0 Å². The summed E-state index contributed by atoms with van der Waals surface area (Å²) in [5, 5.41) is 3.23. The van der Waals surface area contributed by atoms with Gasteiger partial charge in [-0.1, -0.05) is 41.8 Å². The summed E-state index contributed by atoms with van der Waals surface area (Å²) in [6, 6.07) is 5.70. The molecule has 0 aliphatic heterocycles. The maximum Gasteiger partial charge on any atom is 0.328 e. The Morgan fingerprint density at radius 2 is 2.22 bits per heavy atom. The Kier molecular flexibility index (Phi) is 6.19. The van der Waals surface area contributed by atoms with Crippen LogP contribution in [0.5, 0.6) is 0 Å². The van der Waals surface area contributed by atoms with E-state index in [2.05, 4.69) is 28.2 Å². The summed E-state index contributed by atoms with van der Waals surface area (Å²) in [5.74, 6) is -0.208. The summed E-state index contributed by atoms with van der Waals surface area (Å²) in [5.41, 5.74) is 2.10. The fourth-order valence-corrected chi connectivity index (χ4v) is 2.06. The van der Waals surface area contributed by atoms with Crippen molar-refractivity contribution in [2.45, 2.75) is 39.2 Å². The molecule has 0 spiro atoms. The van der Waals surface area contributed by atoms with Gasteiger partial charge in [0.2, 0.25) is 0 Å². The Bertz CT molecular complexity index is 407. The maximum atomic E-state index is 11.7. The van der Waals surface area contributed by atoms with Crippen molar-refractivity contribution in [3.63, 3.8) is 0 Å². The number of nitrogens with one attached hydrogen (secondary N) is 1. The molecule has 0 saturated carbocycles. The molecular formula is C14H20BrNO2. The molecule has 0 bridgehead atoms. The lowest BCUT2D eigenvalue weighted by atomic mass is 10.1. The van der Waals surface area contributed by atoms with Crippen LogP contribution in [0.15, 0.2) is 22.7 Å². The van der Waals surface area contributed by atoms with Gasteiger partial charge in [0.05, 0.1) is 7.11 Å². The van der Waals surface area contributed by atoms with Crippen molar-refractivity contribution in [3.8, 4) is 0 Å². The fourth-order valence-electron chi connectivity index (χ4n) is 1.68. The van der Waals surface area contributed by atoms with E-state index in [-0.39, 0.29) is 12.0 Å². The van der Waals surface area contributed by atoms with E-state index < -0.39 is 0 Å². The van der Waals surface area contributed by atoms with E-state index in [1.54, 1.807) is 0 Å². The third-order valence-corrected chi connectivity index (χ3v) is 3.70. The Hall–Kier alpha value is -1.03. The molecule has 0 aliphatic carbocycles. The Morgan fingerprint density at radius 3 is 2.78 bits per heavy atom. The van der Waals surface area contributed by atoms with Gasteiger partial charge in [-0.2, -0.15) is 0 Å². The molecule has 0 amide bonds. The molecule has 1 aromatic carbocycles. The van der Waals surface area contributed by atoms with Crippen LogP contribution in [0.1, 0.15) is 31.7 Å². The molecule has 100 valence electrons. The van der Waals surface area contributed by atoms with Gasteiger partial charge in [0.25, 0.3) is 0 Å². The molecule has 1 aromatic rings. The van der Waals surface area contributed by atoms with Crippen LogP contribution in [0.4, 0.5) is 5.69 Å². The molecule has 3 nitrogen and oxygen atoms in total. The topological polar surface area (TPSA) is 38.3 Å². The molecule has 1 rings (SSSR count). The number of methoxy groups -OCH3 is 1. The predicted molar refractivity (Wildman–Crippen MR) is 77.8 cm³/mol. The first-order valence-corrected chi connectivity index (χ1v) is 6.98. The average Bonchev–Trinajstić information content (AvgIpc) is 2.37. The molecule has 1 unspecified atom stereocenters. The van der Waals surface area contributed by atoms with E-state index in [1.807, 2.05) is 25.1 Å². The lowest BCUT2D eigenvalue weighted by Crippen LogP contribution is -2.30. The quantitative estimate of drug-likeness (QED) is 0.809. The molecule has 4 heteroatoms. The van der Waals surface area contributed by atoms with Gasteiger partial charge in [0.15, 0.2) is 0 Å². The van der Waals surface area contributed by atoms with Gasteiger partial charge in [-0.05, 0) is 31.0 Å². The van der Waals surface area contributed by atoms with Gasteiger partial charge in [0.1, 0.15) is 6.04 Å². The number of esters is 1. The van der Waals surface area contributed by atoms with Crippen LogP contribution >= 0.6 is 15.9 Å². The first kappa shape index (κ1) is 15.0. The van der Waals surface area contributed by atoms with E-state index in [0.717, 1.165) is 29.4 Å². The minimum absolute atomic E-state index is 0.208. The Morgan fingerprint density at radius 1 is 1.50 bits per heavy atom. The number of hydrogen-bond donors (Lipinski definition) is 1. The second kappa shape index (κ2) is 7.41. The second-order valence-electron chi connectivity index (χ2n) is 4.33. The monoisotopic (exact) mass is 313 g/mol. The minimum Gasteiger partial charge on any atom is -0.467 e. The number of ether oxygens (including phenoxy) is 1. The Balaban J connectivity index is 2.75. The number of carbonyl (C=O) groups excluding carboxylic acids is 1. The third kappa shape index (κ3) is 4.33. The van der Waals surface area contributed by atoms with Crippen molar-refractivity contribution in [1.29, 1.82) is 0 Å². The number of unbranched alkanes of at least 4 members (excludes halogenated alkanes) is 1. The van der Waals surface area contributed by atoms with Crippen molar-refractivity contribution in [1.82, 2.24) is 0 Å². The van der Waals surface area contributed by atoms with Gasteiger partial charge in [0, 0.05) is 10.2 Å². The zero-order valence-corrected chi connectivity index (χ0v) is 12.7. The summed E-state index contributed by atoms with van der Waals surface area (Å²) in [7, 11) is 1.42. The third-order valence-electron chi connectivity index (χ3n) is 2.84. The highest BCUT2D eigenvalue weighted by Crippen LogP contribution is 2.22. The highest BCUT2D eigenvalue weighted by atomic mass is 79.9. The van der Waals surface area contributed by atoms with Gasteiger partial charge in [-0.3, -0.25) is 0 Å². The highest BCUT2D eigenvalue weighted by molar-refractivity contribution is 9.10. The maximum absolute atomic E-state index is 11.7. The molecular weight excluding hydrogens is 294 g/mol. The van der Waals surface area contributed by atoms with Crippen molar-refractivity contribution in [2.75, 3.05) is 12.4 Å². The summed E-state index contributed by atoms with van der Waals surface area (Å²) in [6.45, 7) is 4.14. The van der Waals surface area contributed by atoms with Gasteiger partial charge >= 0.3 is 5.97 Å². The van der Waals surface area contributed by atoms with E-state index >= 15 is 0 Å². The molecule has 0 radical (unpaired) electrons. The normalized spacial score (nSPS) is 12.0. The molecule has 0 aliphatic rings. The van der Waals surface area contributed by atoms with Gasteiger partial charge < -0.3 is 10.1 Å². The highest BCUT2D eigenvalue weighted by Gasteiger charge is 2.18. The van der Waals surface area contributed by atoms with Crippen molar-refractivity contribution in [3.05, 3.63) is 28.2 Å². The number of halogens is 1. The first-order chi connectivity index (χ1) is 8.58. The Labute approximate surface area is 117 Å². The molecule has 0 saturated heterocycles. The van der Waals surface area contributed by atoms with Crippen molar-refractivity contribution < 1.29 is 9.53 Å². The summed E-state index contributed by atoms with van der Waals surface area (Å²) >= 11 is 3.49. The zero-order valence-electron chi connectivity index (χ0n) is 11.1. The van der Waals surface area contributed by atoms with E-state index in [9.17, 15) is 4.79 Å². The number of anilines is 1. The van der Waals surface area contributed by atoms with Crippen LogP contribution in [0.3, 0.4) is 0 Å². The number of benzene rings is 1. The number of aryl methyl sites for hydroxylation is 1. The van der Waals surface area contributed by atoms with Gasteiger partial charge in [-0.25, -0.2) is 4.79 Å². The van der Waals surface area contributed by atoms with E-state index in [1.165, 1.54) is 12.7 Å². The second-order valence-corrected chi connectivity index (χ2v) is 5.18. The van der Waals surface area contributed by atoms with Crippen LogP contribution in [0, 0.1) is 6.92 Å². The standard InChI is InChI=1S/C14H20BrNO2/c1-4-5-6-13(14(17)18-3)16-11-8-7-10(2)12(15)9-11/h7-9,13,16H,4-6H2,1-3H3. The number of carbonyl (C=O) groups is 1. The lowest BCUT2D eigenvalue weighted by Gasteiger charge is -2.17. The SMILES string of the molecule is CCCCC(Nc1ccc(C)c(Br)c1)C(=O)OC. The smallest absolute Gasteiger partial charge is 0.328 e. The molecule has 0 heterocycles. The van der Waals surface area contributed by atoms with Crippen LogP contribution < -0.4 is 5.32 Å². The predicted octanol–water partition coefficient (Wildman–Crippen LogP) is 3.90. The largest absolute Gasteiger partial charge is 0.467 e. The summed E-state index contributed by atoms with van der Waals surface area (Å²) in [6.07, 6.45) is 2.85. The first-order valence-electron chi connectivity index (χ1n) is 6.19. The summed E-state index contributed by atoms with van der Waals surface area (Å²) in [4.78, 5) is 11.7. The number of hydrogen-bond acceptors (Lipinski definition) is 3. The van der Waals surface area contributed by atoms with E-state index in [4.69, 9.17) is 4.74 Å². The fraction of sp³-hybridized carbons (Fsp3) is 0.500. The van der Waals surface area contributed by atoms with Crippen LogP contribution in [-0.4, -0.2) is 19.1 Å². The number of rotatable bonds is 6. The minimum atomic E-state index is -0.274. The molecule has 0 aromatic heterocycles. The van der Waals surface area contributed by atoms with Crippen LogP contribution in [0.25, 0.3) is 0 Å². The zero-order chi connectivity index (χ0) is 13.5. The van der Waals surface area contributed by atoms with Crippen molar-refractivity contribution in [2.24, 2.45) is 0 Å².